The predicted octanol–water partition coefficient (Wildman–Crippen LogP) is 2.73. The Kier molecular flexibility index (Phi) is 2.81. The molecule has 1 aliphatic heterocycles. The second-order valence-electron chi connectivity index (χ2n) is 3.89. The first-order chi connectivity index (χ1) is 7.63. The van der Waals surface area contributed by atoms with Gasteiger partial charge in [-0.2, -0.15) is 0 Å². The Morgan fingerprint density at radius 1 is 1.50 bits per heavy atom. The molecule has 86 valence electrons. The van der Waals surface area contributed by atoms with Crippen LogP contribution in [-0.2, 0) is 4.74 Å². The summed E-state index contributed by atoms with van der Waals surface area (Å²) in [7, 11) is 0. The van der Waals surface area contributed by atoms with Crippen LogP contribution < -0.4 is 0 Å². The molecular formula is C12H14FNO2. The van der Waals surface area contributed by atoms with Crippen LogP contribution in [0, 0.1) is 5.82 Å². The summed E-state index contributed by atoms with van der Waals surface area (Å²) in [5, 5.41) is 0. The second-order valence-corrected chi connectivity index (χ2v) is 3.89. The number of nitrogens with zero attached hydrogens (tertiary/aromatic N) is 1. The number of halogens is 1. The van der Waals surface area contributed by atoms with Crippen molar-refractivity contribution in [1.82, 2.24) is 4.90 Å². The quantitative estimate of drug-likeness (QED) is 0.771. The number of hydrogen-bond acceptors (Lipinski definition) is 2. The number of carbonyl (C=O) groups is 1. The van der Waals surface area contributed by atoms with Crippen molar-refractivity contribution in [2.45, 2.75) is 26.0 Å². The van der Waals surface area contributed by atoms with E-state index >= 15 is 0 Å². The Balaban J connectivity index is 2.27. The van der Waals surface area contributed by atoms with Gasteiger partial charge in [0.25, 0.3) is 0 Å². The molecule has 1 fully saturated rings. The minimum absolute atomic E-state index is 0.0562. The smallest absolute Gasteiger partial charge is 0.410 e. The van der Waals surface area contributed by atoms with Gasteiger partial charge in [0.15, 0.2) is 0 Å². The first-order valence-corrected chi connectivity index (χ1v) is 5.36. The van der Waals surface area contributed by atoms with Crippen LogP contribution in [0.1, 0.15) is 25.5 Å². The highest BCUT2D eigenvalue weighted by atomic mass is 19.1. The fourth-order valence-corrected chi connectivity index (χ4v) is 2.05. The Bertz CT molecular complexity index is 408. The molecular weight excluding hydrogens is 209 g/mol. The first-order valence-electron chi connectivity index (χ1n) is 5.36. The molecule has 0 N–H and O–H groups in total. The summed E-state index contributed by atoms with van der Waals surface area (Å²) in [6.07, 6.45) is -0.701. The van der Waals surface area contributed by atoms with Crippen molar-refractivity contribution in [3.8, 4) is 0 Å². The number of amides is 1. The van der Waals surface area contributed by atoms with E-state index in [0.717, 1.165) is 0 Å². The SMILES string of the molecule is CCN1C(=O)O[C@H](c2cccc(F)c2)[C@@H]1C. The fourth-order valence-electron chi connectivity index (χ4n) is 2.05. The van der Waals surface area contributed by atoms with Gasteiger partial charge in [-0.1, -0.05) is 12.1 Å². The lowest BCUT2D eigenvalue weighted by atomic mass is 10.0. The van der Waals surface area contributed by atoms with Gasteiger partial charge in [0, 0.05) is 6.54 Å². The highest BCUT2D eigenvalue weighted by molar-refractivity contribution is 5.70. The van der Waals surface area contributed by atoms with Crippen LogP contribution in [0.5, 0.6) is 0 Å². The van der Waals surface area contributed by atoms with Gasteiger partial charge in [-0.15, -0.1) is 0 Å². The molecule has 1 aliphatic rings. The lowest BCUT2D eigenvalue weighted by Gasteiger charge is -2.18. The number of rotatable bonds is 2. The van der Waals surface area contributed by atoms with E-state index in [1.54, 1.807) is 17.0 Å². The highest BCUT2D eigenvalue weighted by Crippen LogP contribution is 2.32. The number of carbonyl (C=O) groups excluding carboxylic acids is 1. The van der Waals surface area contributed by atoms with E-state index in [9.17, 15) is 9.18 Å². The number of likely N-dealkylation sites (N-methyl/N-ethyl adjacent to an activating group) is 1. The Hall–Kier alpha value is -1.58. The molecule has 0 radical (unpaired) electrons. The first kappa shape index (κ1) is 10.9. The largest absolute Gasteiger partial charge is 0.439 e. The van der Waals surface area contributed by atoms with Crippen LogP contribution in [0.25, 0.3) is 0 Å². The minimum atomic E-state index is -0.372. The Morgan fingerprint density at radius 3 is 2.81 bits per heavy atom. The average molecular weight is 223 g/mol. The van der Waals surface area contributed by atoms with Crippen molar-refractivity contribution in [3.63, 3.8) is 0 Å². The zero-order valence-corrected chi connectivity index (χ0v) is 9.31. The van der Waals surface area contributed by atoms with Crippen LogP contribution in [0.4, 0.5) is 9.18 Å². The van der Waals surface area contributed by atoms with E-state index in [4.69, 9.17) is 4.74 Å². The summed E-state index contributed by atoms with van der Waals surface area (Å²) < 4.78 is 18.3. The van der Waals surface area contributed by atoms with Crippen molar-refractivity contribution >= 4 is 6.09 Å². The summed E-state index contributed by atoms with van der Waals surface area (Å²) >= 11 is 0. The molecule has 0 bridgehead atoms. The monoisotopic (exact) mass is 223 g/mol. The average Bonchev–Trinajstić information content (AvgIpc) is 2.54. The maximum atomic E-state index is 13.1. The van der Waals surface area contributed by atoms with Gasteiger partial charge in [-0.25, -0.2) is 9.18 Å². The maximum Gasteiger partial charge on any atom is 0.410 e. The molecule has 1 heterocycles. The van der Waals surface area contributed by atoms with Gasteiger partial charge >= 0.3 is 6.09 Å². The molecule has 1 aromatic carbocycles. The number of benzene rings is 1. The second kappa shape index (κ2) is 4.12. The number of ether oxygens (including phenoxy) is 1. The van der Waals surface area contributed by atoms with Gasteiger partial charge in [0.1, 0.15) is 11.9 Å². The van der Waals surface area contributed by atoms with E-state index in [1.165, 1.54) is 12.1 Å². The molecule has 0 aromatic heterocycles. The van der Waals surface area contributed by atoms with Gasteiger partial charge in [0.05, 0.1) is 6.04 Å². The standard InChI is InChI=1S/C12H14FNO2/c1-3-14-8(2)11(16-12(14)15)9-5-4-6-10(13)7-9/h4-8,11H,3H2,1-2H3/t8-,11-/m0/s1. The maximum absolute atomic E-state index is 13.1. The molecule has 0 unspecified atom stereocenters. The molecule has 0 spiro atoms. The van der Waals surface area contributed by atoms with Crippen LogP contribution in [0.3, 0.4) is 0 Å². The van der Waals surface area contributed by atoms with E-state index in [0.29, 0.717) is 12.1 Å². The van der Waals surface area contributed by atoms with E-state index in [1.807, 2.05) is 13.8 Å². The van der Waals surface area contributed by atoms with Crippen LogP contribution in [-0.4, -0.2) is 23.6 Å². The molecule has 1 saturated heterocycles. The fraction of sp³-hybridized carbons (Fsp3) is 0.417. The third kappa shape index (κ3) is 1.75. The molecule has 16 heavy (non-hydrogen) atoms. The Labute approximate surface area is 93.8 Å². The lowest BCUT2D eigenvalue weighted by molar-refractivity contribution is 0.130. The molecule has 1 amide bonds. The number of cyclic esters (lactones) is 1. The van der Waals surface area contributed by atoms with Crippen LogP contribution >= 0.6 is 0 Å². The van der Waals surface area contributed by atoms with Crippen molar-refractivity contribution in [3.05, 3.63) is 35.6 Å². The summed E-state index contributed by atoms with van der Waals surface area (Å²) in [5.74, 6) is -0.310. The highest BCUT2D eigenvalue weighted by Gasteiger charge is 2.38. The van der Waals surface area contributed by atoms with Crippen molar-refractivity contribution in [2.24, 2.45) is 0 Å². The summed E-state index contributed by atoms with van der Waals surface area (Å²) in [5.41, 5.74) is 0.705. The number of hydrogen-bond donors (Lipinski definition) is 0. The van der Waals surface area contributed by atoms with E-state index in [2.05, 4.69) is 0 Å². The topological polar surface area (TPSA) is 29.5 Å². The summed E-state index contributed by atoms with van der Waals surface area (Å²) in [6, 6.07) is 6.13. The summed E-state index contributed by atoms with van der Waals surface area (Å²) in [6.45, 7) is 4.40. The van der Waals surface area contributed by atoms with Crippen molar-refractivity contribution < 1.29 is 13.9 Å². The lowest BCUT2D eigenvalue weighted by Crippen LogP contribution is -2.31. The van der Waals surface area contributed by atoms with Crippen LogP contribution in [0.2, 0.25) is 0 Å². The molecule has 0 saturated carbocycles. The van der Waals surface area contributed by atoms with E-state index < -0.39 is 0 Å². The van der Waals surface area contributed by atoms with Crippen molar-refractivity contribution in [2.75, 3.05) is 6.54 Å². The molecule has 1 aromatic rings. The molecule has 4 heteroatoms. The third-order valence-corrected chi connectivity index (χ3v) is 2.91. The molecule has 3 nitrogen and oxygen atoms in total. The molecule has 2 atom stereocenters. The van der Waals surface area contributed by atoms with Crippen LogP contribution in [0.15, 0.2) is 24.3 Å². The molecule has 0 aliphatic carbocycles. The zero-order chi connectivity index (χ0) is 11.7. The minimum Gasteiger partial charge on any atom is -0.439 e. The zero-order valence-electron chi connectivity index (χ0n) is 9.31. The van der Waals surface area contributed by atoms with Gasteiger partial charge in [-0.05, 0) is 31.5 Å². The van der Waals surface area contributed by atoms with Gasteiger partial charge < -0.3 is 9.64 Å². The van der Waals surface area contributed by atoms with Gasteiger partial charge in [0.2, 0.25) is 0 Å². The normalized spacial score (nSPS) is 24.7. The summed E-state index contributed by atoms with van der Waals surface area (Å²) in [4.78, 5) is 13.1. The van der Waals surface area contributed by atoms with Crippen molar-refractivity contribution in [1.29, 1.82) is 0 Å². The van der Waals surface area contributed by atoms with E-state index in [-0.39, 0.29) is 24.1 Å². The van der Waals surface area contributed by atoms with Gasteiger partial charge in [-0.3, -0.25) is 0 Å². The third-order valence-electron chi connectivity index (χ3n) is 2.91. The molecule has 2 rings (SSSR count). The predicted molar refractivity (Wildman–Crippen MR) is 57.5 cm³/mol. The Morgan fingerprint density at radius 2 is 2.25 bits per heavy atom.